The van der Waals surface area contributed by atoms with E-state index >= 15 is 0 Å². The summed E-state index contributed by atoms with van der Waals surface area (Å²) in [5.41, 5.74) is 2.54. The van der Waals surface area contributed by atoms with Crippen molar-refractivity contribution >= 4 is 10.9 Å². The molecule has 104 valence electrons. The zero-order valence-corrected chi connectivity index (χ0v) is 12.0. The molecule has 1 N–H and O–H groups in total. The molecule has 2 aromatic rings. The molecule has 2 saturated carbocycles. The van der Waals surface area contributed by atoms with Gasteiger partial charge in [0.25, 0.3) is 0 Å². The minimum Gasteiger partial charge on any atom is -0.310 e. The van der Waals surface area contributed by atoms with E-state index in [9.17, 15) is 0 Å². The van der Waals surface area contributed by atoms with Gasteiger partial charge in [0.1, 0.15) is 0 Å². The smallest absolute Gasteiger partial charge is 0.0705 e. The Morgan fingerprint density at radius 3 is 2.85 bits per heavy atom. The Labute approximate surface area is 120 Å². The summed E-state index contributed by atoms with van der Waals surface area (Å²) in [7, 11) is 0. The van der Waals surface area contributed by atoms with Crippen LogP contribution in [-0.2, 0) is 0 Å². The molecule has 0 bridgehead atoms. The zero-order valence-electron chi connectivity index (χ0n) is 12.0. The molecule has 4 rings (SSSR count). The quantitative estimate of drug-likeness (QED) is 0.907. The van der Waals surface area contributed by atoms with Crippen molar-refractivity contribution in [2.45, 2.75) is 32.2 Å². The first-order valence-corrected chi connectivity index (χ1v) is 7.93. The summed E-state index contributed by atoms with van der Waals surface area (Å²) in [5.74, 6) is 2.90. The van der Waals surface area contributed by atoms with Crippen LogP contribution in [0.4, 0.5) is 0 Å². The number of nitrogens with one attached hydrogen (secondary N) is 1. The first kappa shape index (κ1) is 12.3. The Balaban J connectivity index is 1.66. The van der Waals surface area contributed by atoms with Crippen LogP contribution in [0.3, 0.4) is 0 Å². The van der Waals surface area contributed by atoms with E-state index in [4.69, 9.17) is 0 Å². The van der Waals surface area contributed by atoms with Crippen LogP contribution >= 0.6 is 0 Å². The second-order valence-electron chi connectivity index (χ2n) is 6.48. The third-order valence-corrected chi connectivity index (χ3v) is 5.16. The monoisotopic (exact) mass is 266 g/mol. The van der Waals surface area contributed by atoms with Crippen LogP contribution < -0.4 is 5.32 Å². The molecule has 0 aliphatic heterocycles. The van der Waals surface area contributed by atoms with E-state index in [1.807, 2.05) is 12.3 Å². The summed E-state index contributed by atoms with van der Waals surface area (Å²) in [6, 6.07) is 11.5. The van der Waals surface area contributed by atoms with E-state index in [0.717, 1.165) is 29.8 Å². The molecule has 1 heterocycles. The Kier molecular flexibility index (Phi) is 2.99. The van der Waals surface area contributed by atoms with Crippen LogP contribution in [-0.4, -0.2) is 11.5 Å². The maximum Gasteiger partial charge on any atom is 0.0705 e. The molecule has 2 aliphatic carbocycles. The van der Waals surface area contributed by atoms with Crippen molar-refractivity contribution in [2.75, 3.05) is 6.54 Å². The molecule has 1 aromatic heterocycles. The van der Waals surface area contributed by atoms with Crippen LogP contribution in [0.5, 0.6) is 0 Å². The zero-order chi connectivity index (χ0) is 13.5. The second-order valence-corrected chi connectivity index (χ2v) is 6.48. The van der Waals surface area contributed by atoms with Gasteiger partial charge in [-0.3, -0.25) is 4.98 Å². The fraction of sp³-hybridized carbons (Fsp3) is 0.500. The lowest BCUT2D eigenvalue weighted by Gasteiger charge is -2.26. The average Bonchev–Trinajstić information content (AvgIpc) is 3.10. The van der Waals surface area contributed by atoms with E-state index < -0.39 is 0 Å². The SMILES string of the molecule is CCNC(c1ccc2cccnc2c1)C1CC2CC2C1. The lowest BCUT2D eigenvalue weighted by atomic mass is 9.88. The Bertz CT molecular complexity index is 612. The number of hydrogen-bond acceptors (Lipinski definition) is 2. The topological polar surface area (TPSA) is 24.9 Å². The van der Waals surface area contributed by atoms with Crippen molar-refractivity contribution < 1.29 is 0 Å². The van der Waals surface area contributed by atoms with Gasteiger partial charge in [0, 0.05) is 17.6 Å². The molecular weight excluding hydrogens is 244 g/mol. The predicted octanol–water partition coefficient (Wildman–Crippen LogP) is 3.93. The standard InChI is InChI=1S/C18H22N2/c1-2-19-18(16-9-14-8-15(14)10-16)13-6-5-12-4-3-7-20-17(12)11-13/h3-7,11,14-16,18-19H,2,8-10H2,1H3. The molecule has 3 unspecified atom stereocenters. The van der Waals surface area contributed by atoms with Gasteiger partial charge >= 0.3 is 0 Å². The fourth-order valence-corrected chi connectivity index (χ4v) is 4.09. The predicted molar refractivity (Wildman–Crippen MR) is 82.5 cm³/mol. The number of hydrogen-bond donors (Lipinski definition) is 1. The van der Waals surface area contributed by atoms with Crippen molar-refractivity contribution in [1.82, 2.24) is 10.3 Å². The maximum atomic E-state index is 4.51. The summed E-state index contributed by atoms with van der Waals surface area (Å²) >= 11 is 0. The first-order chi connectivity index (χ1) is 9.85. The van der Waals surface area contributed by atoms with Gasteiger partial charge in [-0.05, 0) is 61.3 Å². The van der Waals surface area contributed by atoms with Crippen LogP contribution in [0.25, 0.3) is 10.9 Å². The molecule has 20 heavy (non-hydrogen) atoms. The largest absolute Gasteiger partial charge is 0.310 e. The molecule has 2 aliphatic rings. The van der Waals surface area contributed by atoms with Crippen LogP contribution in [0.15, 0.2) is 36.5 Å². The van der Waals surface area contributed by atoms with Gasteiger partial charge in [0.15, 0.2) is 0 Å². The van der Waals surface area contributed by atoms with Crippen molar-refractivity contribution in [2.24, 2.45) is 17.8 Å². The third kappa shape index (κ3) is 2.12. The van der Waals surface area contributed by atoms with Crippen molar-refractivity contribution in [3.8, 4) is 0 Å². The van der Waals surface area contributed by atoms with E-state index in [0.29, 0.717) is 6.04 Å². The van der Waals surface area contributed by atoms with Gasteiger partial charge in [0.05, 0.1) is 5.52 Å². The highest BCUT2D eigenvalue weighted by Crippen LogP contribution is 2.57. The van der Waals surface area contributed by atoms with Gasteiger partial charge < -0.3 is 5.32 Å². The maximum absolute atomic E-state index is 4.51. The molecule has 0 saturated heterocycles. The number of pyridine rings is 1. The molecule has 2 heteroatoms. The van der Waals surface area contributed by atoms with E-state index in [-0.39, 0.29) is 0 Å². The summed E-state index contributed by atoms with van der Waals surface area (Å²) in [6.45, 7) is 3.25. The second kappa shape index (κ2) is 4.85. The van der Waals surface area contributed by atoms with Crippen molar-refractivity contribution in [1.29, 1.82) is 0 Å². The molecule has 0 spiro atoms. The summed E-state index contributed by atoms with van der Waals surface area (Å²) in [6.07, 6.45) is 6.22. The third-order valence-electron chi connectivity index (χ3n) is 5.16. The van der Waals surface area contributed by atoms with Crippen molar-refractivity contribution in [3.05, 3.63) is 42.1 Å². The Morgan fingerprint density at radius 1 is 1.20 bits per heavy atom. The number of aromatic nitrogens is 1. The molecule has 0 radical (unpaired) electrons. The normalized spacial score (nSPS) is 29.4. The number of benzene rings is 1. The Hall–Kier alpha value is -1.41. The molecule has 1 aromatic carbocycles. The van der Waals surface area contributed by atoms with E-state index in [1.54, 1.807) is 0 Å². The van der Waals surface area contributed by atoms with Crippen LogP contribution in [0, 0.1) is 17.8 Å². The summed E-state index contributed by atoms with van der Waals surface area (Å²) < 4.78 is 0. The van der Waals surface area contributed by atoms with Gasteiger partial charge in [-0.2, -0.15) is 0 Å². The molecule has 2 fully saturated rings. The number of nitrogens with zero attached hydrogens (tertiary/aromatic N) is 1. The van der Waals surface area contributed by atoms with Gasteiger partial charge in [-0.1, -0.05) is 25.1 Å². The minimum absolute atomic E-state index is 0.513. The van der Waals surface area contributed by atoms with Crippen LogP contribution in [0.2, 0.25) is 0 Å². The highest BCUT2D eigenvalue weighted by molar-refractivity contribution is 5.79. The minimum atomic E-state index is 0.513. The average molecular weight is 266 g/mol. The van der Waals surface area contributed by atoms with Crippen molar-refractivity contribution in [3.63, 3.8) is 0 Å². The lowest BCUT2D eigenvalue weighted by molar-refractivity contribution is 0.347. The van der Waals surface area contributed by atoms with Gasteiger partial charge in [0.2, 0.25) is 0 Å². The van der Waals surface area contributed by atoms with E-state index in [1.165, 1.54) is 30.2 Å². The molecule has 0 amide bonds. The number of fused-ring (bicyclic) bond motifs is 2. The molecular formula is C18H22N2. The summed E-state index contributed by atoms with van der Waals surface area (Å²) in [5, 5.41) is 4.96. The first-order valence-electron chi connectivity index (χ1n) is 7.93. The van der Waals surface area contributed by atoms with Gasteiger partial charge in [-0.25, -0.2) is 0 Å². The molecule has 2 nitrogen and oxygen atoms in total. The summed E-state index contributed by atoms with van der Waals surface area (Å²) in [4.78, 5) is 4.51. The highest BCUT2D eigenvalue weighted by Gasteiger charge is 2.47. The Morgan fingerprint density at radius 2 is 2.05 bits per heavy atom. The molecule has 3 atom stereocenters. The highest BCUT2D eigenvalue weighted by atomic mass is 14.9. The van der Waals surface area contributed by atoms with Crippen LogP contribution in [0.1, 0.15) is 37.8 Å². The number of rotatable bonds is 4. The van der Waals surface area contributed by atoms with Gasteiger partial charge in [-0.15, -0.1) is 0 Å². The van der Waals surface area contributed by atoms with E-state index in [2.05, 4.69) is 41.5 Å². The lowest BCUT2D eigenvalue weighted by Crippen LogP contribution is -2.27. The fourth-order valence-electron chi connectivity index (χ4n) is 4.09.